The van der Waals surface area contributed by atoms with Crippen molar-refractivity contribution in [3.05, 3.63) is 29.6 Å². The SMILES string of the molecule is CC(C)(COc1cccc(F)c1C#N)C(=O)O. The predicted molar refractivity (Wildman–Crippen MR) is 58.0 cm³/mol. The summed E-state index contributed by atoms with van der Waals surface area (Å²) in [5, 5.41) is 17.6. The van der Waals surface area contributed by atoms with Crippen molar-refractivity contribution in [2.24, 2.45) is 5.41 Å². The first-order valence-electron chi connectivity index (χ1n) is 4.93. The zero-order valence-corrected chi connectivity index (χ0v) is 9.53. The average Bonchev–Trinajstić information content (AvgIpc) is 2.26. The fourth-order valence-corrected chi connectivity index (χ4v) is 1.05. The van der Waals surface area contributed by atoms with E-state index in [1.165, 1.54) is 26.0 Å². The van der Waals surface area contributed by atoms with E-state index in [4.69, 9.17) is 15.1 Å². The van der Waals surface area contributed by atoms with Gasteiger partial charge in [-0.25, -0.2) is 4.39 Å². The lowest BCUT2D eigenvalue weighted by Gasteiger charge is -2.19. The van der Waals surface area contributed by atoms with Gasteiger partial charge in [0.1, 0.15) is 29.8 Å². The van der Waals surface area contributed by atoms with Crippen LogP contribution in [0.15, 0.2) is 18.2 Å². The molecule has 0 saturated carbocycles. The van der Waals surface area contributed by atoms with E-state index in [1.54, 1.807) is 6.07 Å². The van der Waals surface area contributed by atoms with Gasteiger partial charge >= 0.3 is 5.97 Å². The number of hydrogen-bond acceptors (Lipinski definition) is 3. The summed E-state index contributed by atoms with van der Waals surface area (Å²) in [5.41, 5.74) is -1.31. The molecule has 0 spiro atoms. The second kappa shape index (κ2) is 4.83. The van der Waals surface area contributed by atoms with Crippen LogP contribution in [0, 0.1) is 22.6 Å². The summed E-state index contributed by atoms with van der Waals surface area (Å²) in [7, 11) is 0. The Morgan fingerprint density at radius 1 is 1.59 bits per heavy atom. The summed E-state index contributed by atoms with van der Waals surface area (Å²) < 4.78 is 18.4. The fraction of sp³-hybridized carbons (Fsp3) is 0.333. The van der Waals surface area contributed by atoms with Crippen molar-refractivity contribution in [1.29, 1.82) is 5.26 Å². The summed E-state index contributed by atoms with van der Waals surface area (Å²) in [6, 6.07) is 5.66. The minimum atomic E-state index is -1.10. The number of aliphatic carboxylic acids is 1. The van der Waals surface area contributed by atoms with Crippen molar-refractivity contribution in [3.63, 3.8) is 0 Å². The molecule has 90 valence electrons. The maximum atomic E-state index is 13.2. The van der Waals surface area contributed by atoms with Crippen LogP contribution in [-0.2, 0) is 4.79 Å². The molecule has 0 aromatic heterocycles. The Labute approximate surface area is 98.2 Å². The van der Waals surface area contributed by atoms with E-state index in [2.05, 4.69) is 0 Å². The third-order valence-electron chi connectivity index (χ3n) is 2.25. The lowest BCUT2D eigenvalue weighted by atomic mass is 9.95. The van der Waals surface area contributed by atoms with Crippen LogP contribution in [0.4, 0.5) is 4.39 Å². The number of rotatable bonds is 4. The van der Waals surface area contributed by atoms with Gasteiger partial charge in [-0.3, -0.25) is 4.79 Å². The molecule has 1 aromatic carbocycles. The molecule has 0 aliphatic rings. The van der Waals surface area contributed by atoms with Crippen LogP contribution < -0.4 is 4.74 Å². The van der Waals surface area contributed by atoms with Gasteiger partial charge in [-0.2, -0.15) is 5.26 Å². The van der Waals surface area contributed by atoms with Crippen LogP contribution in [0.2, 0.25) is 0 Å². The minimum Gasteiger partial charge on any atom is -0.491 e. The van der Waals surface area contributed by atoms with Crippen molar-refractivity contribution in [2.75, 3.05) is 6.61 Å². The first-order valence-corrected chi connectivity index (χ1v) is 4.93. The maximum Gasteiger partial charge on any atom is 0.312 e. The molecule has 0 fully saturated rings. The van der Waals surface area contributed by atoms with E-state index < -0.39 is 17.2 Å². The van der Waals surface area contributed by atoms with E-state index in [-0.39, 0.29) is 17.9 Å². The number of carbonyl (C=O) groups is 1. The van der Waals surface area contributed by atoms with Gasteiger partial charge in [0.25, 0.3) is 0 Å². The summed E-state index contributed by atoms with van der Waals surface area (Å²) >= 11 is 0. The number of ether oxygens (including phenoxy) is 1. The van der Waals surface area contributed by atoms with E-state index in [9.17, 15) is 9.18 Å². The largest absolute Gasteiger partial charge is 0.491 e. The molecule has 0 aliphatic heterocycles. The lowest BCUT2D eigenvalue weighted by Crippen LogP contribution is -2.30. The van der Waals surface area contributed by atoms with Gasteiger partial charge in [0.2, 0.25) is 0 Å². The second-order valence-electron chi connectivity index (χ2n) is 4.20. The standard InChI is InChI=1S/C12H12FNO3/c1-12(2,11(15)16)7-17-10-5-3-4-9(13)8(10)6-14/h3-5H,7H2,1-2H3,(H,15,16). The molecule has 5 heteroatoms. The predicted octanol–water partition coefficient (Wildman–Crippen LogP) is 2.19. The highest BCUT2D eigenvalue weighted by Gasteiger charge is 2.28. The molecular weight excluding hydrogens is 225 g/mol. The monoisotopic (exact) mass is 237 g/mol. The number of nitrogens with zero attached hydrogens (tertiary/aromatic N) is 1. The van der Waals surface area contributed by atoms with Gasteiger partial charge in [0, 0.05) is 0 Å². The quantitative estimate of drug-likeness (QED) is 0.871. The third-order valence-corrected chi connectivity index (χ3v) is 2.25. The van der Waals surface area contributed by atoms with Gasteiger partial charge in [-0.05, 0) is 26.0 Å². The second-order valence-corrected chi connectivity index (χ2v) is 4.20. The number of nitriles is 1. The highest BCUT2D eigenvalue weighted by molar-refractivity contribution is 5.73. The van der Waals surface area contributed by atoms with Gasteiger partial charge in [0.15, 0.2) is 0 Å². The van der Waals surface area contributed by atoms with Crippen molar-refractivity contribution in [3.8, 4) is 11.8 Å². The van der Waals surface area contributed by atoms with Gasteiger partial charge < -0.3 is 9.84 Å². The minimum absolute atomic E-state index is 0.0572. The molecule has 0 amide bonds. The van der Waals surface area contributed by atoms with Crippen LogP contribution >= 0.6 is 0 Å². The third kappa shape index (κ3) is 2.94. The molecule has 1 aromatic rings. The maximum absolute atomic E-state index is 13.2. The van der Waals surface area contributed by atoms with Crippen LogP contribution in [0.1, 0.15) is 19.4 Å². The van der Waals surface area contributed by atoms with Crippen molar-refractivity contribution >= 4 is 5.97 Å². The summed E-state index contributed by atoms with van der Waals surface area (Å²) in [6.45, 7) is 2.84. The molecular formula is C12H12FNO3. The van der Waals surface area contributed by atoms with E-state index in [0.717, 1.165) is 6.07 Å². The first-order chi connectivity index (χ1) is 7.88. The molecule has 0 saturated heterocycles. The zero-order valence-electron chi connectivity index (χ0n) is 9.53. The van der Waals surface area contributed by atoms with E-state index in [1.807, 2.05) is 0 Å². The van der Waals surface area contributed by atoms with Crippen LogP contribution in [0.5, 0.6) is 5.75 Å². The summed E-state index contributed by atoms with van der Waals surface area (Å²) in [4.78, 5) is 10.8. The number of hydrogen-bond donors (Lipinski definition) is 1. The molecule has 17 heavy (non-hydrogen) atoms. The van der Waals surface area contributed by atoms with Gasteiger partial charge in [-0.15, -0.1) is 0 Å². The normalized spacial score (nSPS) is 10.7. The fourth-order valence-electron chi connectivity index (χ4n) is 1.05. The number of carboxylic acid groups (broad SMARTS) is 1. The summed E-state index contributed by atoms with van der Waals surface area (Å²) in [5.74, 6) is -1.65. The van der Waals surface area contributed by atoms with E-state index >= 15 is 0 Å². The molecule has 0 unspecified atom stereocenters. The molecule has 1 N–H and O–H groups in total. The Balaban J connectivity index is 2.88. The molecule has 0 bridgehead atoms. The highest BCUT2D eigenvalue weighted by Crippen LogP contribution is 2.23. The number of halogens is 1. The Morgan fingerprint density at radius 3 is 2.76 bits per heavy atom. The number of carboxylic acids is 1. The smallest absolute Gasteiger partial charge is 0.312 e. The van der Waals surface area contributed by atoms with Crippen molar-refractivity contribution in [1.82, 2.24) is 0 Å². The van der Waals surface area contributed by atoms with Crippen LogP contribution in [0.3, 0.4) is 0 Å². The van der Waals surface area contributed by atoms with E-state index in [0.29, 0.717) is 0 Å². The molecule has 0 radical (unpaired) electrons. The van der Waals surface area contributed by atoms with Gasteiger partial charge in [-0.1, -0.05) is 6.07 Å². The first kappa shape index (κ1) is 13.0. The highest BCUT2D eigenvalue weighted by atomic mass is 19.1. The van der Waals surface area contributed by atoms with Crippen LogP contribution in [-0.4, -0.2) is 17.7 Å². The van der Waals surface area contributed by atoms with Crippen molar-refractivity contribution < 1.29 is 19.0 Å². The molecule has 1 rings (SSSR count). The molecule has 0 atom stereocenters. The Bertz CT molecular complexity index is 477. The molecule has 0 heterocycles. The molecule has 4 nitrogen and oxygen atoms in total. The Hall–Kier alpha value is -2.09. The zero-order chi connectivity index (χ0) is 13.1. The average molecular weight is 237 g/mol. The summed E-state index contributed by atoms with van der Waals surface area (Å²) in [6.07, 6.45) is 0. The molecule has 0 aliphatic carbocycles. The van der Waals surface area contributed by atoms with Gasteiger partial charge in [0.05, 0.1) is 5.41 Å². The lowest BCUT2D eigenvalue weighted by molar-refractivity contribution is -0.148. The Kier molecular flexibility index (Phi) is 3.69. The van der Waals surface area contributed by atoms with Crippen molar-refractivity contribution in [2.45, 2.75) is 13.8 Å². The topological polar surface area (TPSA) is 70.3 Å². The number of benzene rings is 1. The Morgan fingerprint density at radius 2 is 2.24 bits per heavy atom. The van der Waals surface area contributed by atoms with Crippen LogP contribution in [0.25, 0.3) is 0 Å².